The van der Waals surface area contributed by atoms with Gasteiger partial charge in [0.2, 0.25) is 0 Å². The molecule has 1 amide bonds. The van der Waals surface area contributed by atoms with Gasteiger partial charge in [-0.1, -0.05) is 54.6 Å². The summed E-state index contributed by atoms with van der Waals surface area (Å²) >= 11 is 0. The van der Waals surface area contributed by atoms with Gasteiger partial charge in [-0.15, -0.1) is 0 Å². The maximum atomic E-state index is 11.6. The molecule has 4 nitrogen and oxygen atoms in total. The largest absolute Gasteiger partial charge is 0.465 e. The van der Waals surface area contributed by atoms with Crippen molar-refractivity contribution in [1.82, 2.24) is 9.80 Å². The van der Waals surface area contributed by atoms with Crippen molar-refractivity contribution >= 4 is 6.09 Å². The van der Waals surface area contributed by atoms with E-state index in [0.29, 0.717) is 6.54 Å². The molecule has 2 aromatic carbocycles. The fraction of sp³-hybridized carbons (Fsp3) is 0.350. The van der Waals surface area contributed by atoms with Crippen LogP contribution >= 0.6 is 0 Å². The fourth-order valence-corrected chi connectivity index (χ4v) is 4.04. The zero-order valence-electron chi connectivity index (χ0n) is 13.6. The Hall–Kier alpha value is -2.33. The van der Waals surface area contributed by atoms with E-state index in [0.717, 1.165) is 25.9 Å². The quantitative estimate of drug-likeness (QED) is 0.913. The van der Waals surface area contributed by atoms with Crippen molar-refractivity contribution in [2.45, 2.75) is 24.9 Å². The van der Waals surface area contributed by atoms with Gasteiger partial charge in [0.05, 0.1) is 6.04 Å². The third-order valence-corrected chi connectivity index (χ3v) is 5.40. The van der Waals surface area contributed by atoms with Crippen molar-refractivity contribution in [3.8, 4) is 11.1 Å². The molecule has 3 saturated heterocycles. The average Bonchev–Trinajstić information content (AvgIpc) is 2.93. The van der Waals surface area contributed by atoms with E-state index in [1.54, 1.807) is 4.90 Å². The summed E-state index contributed by atoms with van der Waals surface area (Å²) in [6, 6.07) is 19.3. The van der Waals surface area contributed by atoms with Gasteiger partial charge in [0, 0.05) is 25.7 Å². The van der Waals surface area contributed by atoms with Crippen molar-refractivity contribution in [1.29, 1.82) is 0 Å². The summed E-state index contributed by atoms with van der Waals surface area (Å²) in [6.07, 6.45) is 1.12. The van der Waals surface area contributed by atoms with E-state index in [9.17, 15) is 9.90 Å². The van der Waals surface area contributed by atoms with Crippen LogP contribution in [-0.2, 0) is 0 Å². The van der Waals surface area contributed by atoms with Gasteiger partial charge in [-0.3, -0.25) is 4.90 Å². The molecule has 0 aromatic heterocycles. The molecule has 0 aliphatic carbocycles. The predicted molar refractivity (Wildman–Crippen MR) is 93.9 cm³/mol. The zero-order valence-corrected chi connectivity index (χ0v) is 13.6. The first kappa shape index (κ1) is 15.2. The molecule has 0 spiro atoms. The number of carboxylic acid groups (broad SMARTS) is 1. The number of fused-ring (bicyclic) bond motifs is 4. The van der Waals surface area contributed by atoms with Gasteiger partial charge in [0.1, 0.15) is 0 Å². The normalized spacial score (nSPS) is 26.2. The molecule has 0 radical (unpaired) electrons. The molecule has 4 heteroatoms. The van der Waals surface area contributed by atoms with E-state index in [4.69, 9.17) is 0 Å². The molecule has 5 rings (SSSR count). The standard InChI is InChI=1S/C20H22N2O2/c23-20(24)22-14-19(21-12-10-18(22)11-13-21)17-8-6-16(7-9-17)15-4-2-1-3-5-15/h1-9,18-19H,10-14H2,(H,23,24). The summed E-state index contributed by atoms with van der Waals surface area (Å²) in [7, 11) is 0. The lowest BCUT2D eigenvalue weighted by molar-refractivity contribution is 0.123. The van der Waals surface area contributed by atoms with Crippen LogP contribution in [0.2, 0.25) is 0 Å². The molecular weight excluding hydrogens is 300 g/mol. The number of benzene rings is 2. The summed E-state index contributed by atoms with van der Waals surface area (Å²) in [5, 5.41) is 9.55. The Morgan fingerprint density at radius 3 is 2.17 bits per heavy atom. The van der Waals surface area contributed by atoms with Crippen LogP contribution in [0.3, 0.4) is 0 Å². The Labute approximate surface area is 142 Å². The first-order valence-corrected chi connectivity index (χ1v) is 8.61. The molecule has 2 bridgehead atoms. The SMILES string of the molecule is O=C(O)N1CC(c2ccc(-c3ccccc3)cc2)N2CCC1CC2. The van der Waals surface area contributed by atoms with Crippen molar-refractivity contribution in [2.24, 2.45) is 0 Å². The number of carbonyl (C=O) groups is 1. The molecule has 1 unspecified atom stereocenters. The molecule has 1 atom stereocenters. The van der Waals surface area contributed by atoms with Crippen LogP contribution in [0, 0.1) is 0 Å². The summed E-state index contributed by atoms with van der Waals surface area (Å²) in [6.45, 7) is 2.55. The Morgan fingerprint density at radius 2 is 1.54 bits per heavy atom. The lowest BCUT2D eigenvalue weighted by atomic mass is 9.99. The summed E-state index contributed by atoms with van der Waals surface area (Å²) < 4.78 is 0. The van der Waals surface area contributed by atoms with Gasteiger partial charge in [-0.05, 0) is 29.5 Å². The summed E-state index contributed by atoms with van der Waals surface area (Å²) in [5.74, 6) is 0. The van der Waals surface area contributed by atoms with Gasteiger partial charge in [0.25, 0.3) is 0 Å². The molecule has 3 fully saturated rings. The first-order valence-electron chi connectivity index (χ1n) is 8.61. The van der Waals surface area contributed by atoms with Crippen molar-refractivity contribution in [3.05, 3.63) is 60.2 Å². The van der Waals surface area contributed by atoms with Crippen molar-refractivity contribution in [2.75, 3.05) is 19.6 Å². The number of rotatable bonds is 2. The minimum Gasteiger partial charge on any atom is -0.465 e. The van der Waals surface area contributed by atoms with Gasteiger partial charge in [-0.2, -0.15) is 0 Å². The Morgan fingerprint density at radius 1 is 0.917 bits per heavy atom. The number of amides is 1. The molecule has 124 valence electrons. The molecule has 2 aromatic rings. The monoisotopic (exact) mass is 322 g/mol. The fourth-order valence-electron chi connectivity index (χ4n) is 4.04. The highest BCUT2D eigenvalue weighted by Gasteiger charge is 2.37. The number of hydrogen-bond acceptors (Lipinski definition) is 2. The van der Waals surface area contributed by atoms with Gasteiger partial charge in [-0.25, -0.2) is 4.79 Å². The highest BCUT2D eigenvalue weighted by Crippen LogP contribution is 2.33. The summed E-state index contributed by atoms with van der Waals surface area (Å²) in [5.41, 5.74) is 3.61. The van der Waals surface area contributed by atoms with Crippen LogP contribution in [0.15, 0.2) is 54.6 Å². The van der Waals surface area contributed by atoms with Gasteiger partial charge < -0.3 is 10.0 Å². The number of piperidine rings is 1. The molecule has 0 saturated carbocycles. The smallest absolute Gasteiger partial charge is 0.407 e. The maximum Gasteiger partial charge on any atom is 0.407 e. The summed E-state index contributed by atoms with van der Waals surface area (Å²) in [4.78, 5) is 15.7. The minimum absolute atomic E-state index is 0.165. The Balaban J connectivity index is 1.61. The first-order chi connectivity index (χ1) is 11.7. The molecule has 3 aliphatic rings. The van der Waals surface area contributed by atoms with Crippen LogP contribution < -0.4 is 0 Å². The maximum absolute atomic E-state index is 11.6. The Kier molecular flexibility index (Phi) is 3.98. The number of hydrogen-bond donors (Lipinski definition) is 1. The van der Waals surface area contributed by atoms with Crippen LogP contribution in [0.5, 0.6) is 0 Å². The van der Waals surface area contributed by atoms with E-state index < -0.39 is 6.09 Å². The molecule has 3 aliphatic heterocycles. The second-order valence-electron chi connectivity index (χ2n) is 6.71. The number of nitrogens with zero attached hydrogens (tertiary/aromatic N) is 2. The van der Waals surface area contributed by atoms with Crippen LogP contribution in [0.4, 0.5) is 4.79 Å². The van der Waals surface area contributed by atoms with E-state index >= 15 is 0 Å². The second-order valence-corrected chi connectivity index (χ2v) is 6.71. The Bertz CT molecular complexity index is 706. The second kappa shape index (κ2) is 6.29. The van der Waals surface area contributed by atoms with Crippen LogP contribution in [0.25, 0.3) is 11.1 Å². The minimum atomic E-state index is -0.783. The predicted octanol–water partition coefficient (Wildman–Crippen LogP) is 3.85. The molecular formula is C20H22N2O2. The molecule has 1 N–H and O–H groups in total. The highest BCUT2D eigenvalue weighted by atomic mass is 16.4. The van der Waals surface area contributed by atoms with E-state index in [-0.39, 0.29) is 12.1 Å². The zero-order chi connectivity index (χ0) is 16.5. The lowest BCUT2D eigenvalue weighted by Gasteiger charge is -2.31. The van der Waals surface area contributed by atoms with E-state index in [1.165, 1.54) is 16.7 Å². The van der Waals surface area contributed by atoms with E-state index in [2.05, 4.69) is 41.3 Å². The van der Waals surface area contributed by atoms with Crippen LogP contribution in [0.1, 0.15) is 24.4 Å². The van der Waals surface area contributed by atoms with Crippen LogP contribution in [-0.4, -0.2) is 46.7 Å². The lowest BCUT2D eigenvalue weighted by Crippen LogP contribution is -2.40. The third-order valence-electron chi connectivity index (χ3n) is 5.40. The highest BCUT2D eigenvalue weighted by molar-refractivity contribution is 5.66. The van der Waals surface area contributed by atoms with Crippen molar-refractivity contribution < 1.29 is 9.90 Å². The molecule has 3 heterocycles. The van der Waals surface area contributed by atoms with Gasteiger partial charge >= 0.3 is 6.09 Å². The van der Waals surface area contributed by atoms with Gasteiger partial charge in [0.15, 0.2) is 0 Å². The topological polar surface area (TPSA) is 43.8 Å². The average molecular weight is 322 g/mol. The van der Waals surface area contributed by atoms with E-state index in [1.807, 2.05) is 18.2 Å². The van der Waals surface area contributed by atoms with Crippen molar-refractivity contribution in [3.63, 3.8) is 0 Å². The third kappa shape index (κ3) is 2.78. The molecule has 24 heavy (non-hydrogen) atoms.